The normalized spacial score (nSPS) is 12.0. The lowest BCUT2D eigenvalue weighted by atomic mass is 10.3. The molecule has 2 heterocycles. The van der Waals surface area contributed by atoms with Crippen molar-refractivity contribution >= 4 is 17.5 Å². The third kappa shape index (κ3) is 4.29. The number of rotatable bonds is 9. The first-order valence-electron chi connectivity index (χ1n) is 7.28. The predicted octanol–water partition coefficient (Wildman–Crippen LogP) is -0.342. The van der Waals surface area contributed by atoms with Gasteiger partial charge < -0.3 is 15.2 Å². The number of carboxylic acid groups (broad SMARTS) is 1. The van der Waals surface area contributed by atoms with Gasteiger partial charge in [-0.1, -0.05) is 12.1 Å². The monoisotopic (exact) mass is 334 g/mol. The third-order valence-corrected chi connectivity index (χ3v) is 3.19. The van der Waals surface area contributed by atoms with E-state index in [1.807, 2.05) is 0 Å². The van der Waals surface area contributed by atoms with Crippen LogP contribution in [0, 0.1) is 0 Å². The Kier molecular flexibility index (Phi) is 5.85. The van der Waals surface area contributed by atoms with E-state index in [2.05, 4.69) is 17.0 Å². The number of amides is 1. The maximum Gasteiger partial charge on any atom is 0.350 e. The van der Waals surface area contributed by atoms with Crippen LogP contribution < -0.4 is 11.0 Å². The zero-order chi connectivity index (χ0) is 17.5. The lowest BCUT2D eigenvalue weighted by Gasteiger charge is -2.14. The summed E-state index contributed by atoms with van der Waals surface area (Å²) in [6, 6.07) is 3.97. The number of aryl methyl sites for hydroxylation is 1. The number of nitrogens with one attached hydrogen (secondary N) is 1. The highest BCUT2D eigenvalue weighted by Gasteiger charge is 2.20. The highest BCUT2D eigenvalue weighted by atomic mass is 16.5. The molecule has 2 aromatic rings. The fraction of sp³-hybridized carbons (Fsp3) is 0.333. The predicted molar refractivity (Wildman–Crippen MR) is 84.7 cm³/mol. The lowest BCUT2D eigenvalue weighted by Crippen LogP contribution is -2.44. The van der Waals surface area contributed by atoms with E-state index < -0.39 is 17.9 Å². The SMILES string of the molecule is C=CCOCC(NC(=O)CCn1nc2ccccn2c1=O)C(=O)O. The van der Waals surface area contributed by atoms with Gasteiger partial charge in [-0.15, -0.1) is 11.7 Å². The largest absolute Gasteiger partial charge is 0.480 e. The molecule has 24 heavy (non-hydrogen) atoms. The first-order chi connectivity index (χ1) is 11.5. The van der Waals surface area contributed by atoms with Gasteiger partial charge in [0.25, 0.3) is 0 Å². The molecule has 9 heteroatoms. The van der Waals surface area contributed by atoms with E-state index in [1.165, 1.54) is 15.2 Å². The number of nitrogens with zero attached hydrogens (tertiary/aromatic N) is 3. The lowest BCUT2D eigenvalue weighted by molar-refractivity contribution is -0.143. The summed E-state index contributed by atoms with van der Waals surface area (Å²) in [4.78, 5) is 35.0. The van der Waals surface area contributed by atoms with Gasteiger partial charge in [0.1, 0.15) is 0 Å². The molecule has 2 rings (SSSR count). The van der Waals surface area contributed by atoms with E-state index >= 15 is 0 Å². The van der Waals surface area contributed by atoms with Crippen LogP contribution in [0.15, 0.2) is 41.8 Å². The second-order valence-corrected chi connectivity index (χ2v) is 4.97. The standard InChI is InChI=1S/C15H18N4O5/c1-2-9-24-10-11(14(21)22)16-13(20)6-8-19-15(23)18-7-4-3-5-12(18)17-19/h2-5,7,11H,1,6,8-10H2,(H,16,20)(H,21,22). The minimum atomic E-state index is -1.20. The first-order valence-corrected chi connectivity index (χ1v) is 7.28. The molecule has 0 radical (unpaired) electrons. The molecule has 0 aliphatic rings. The molecule has 1 atom stereocenters. The molecule has 128 valence electrons. The summed E-state index contributed by atoms with van der Waals surface area (Å²) < 4.78 is 7.57. The molecular weight excluding hydrogens is 316 g/mol. The van der Waals surface area contributed by atoms with Crippen molar-refractivity contribution in [1.29, 1.82) is 0 Å². The minimum absolute atomic E-state index is 0.0478. The average molecular weight is 334 g/mol. The maximum absolute atomic E-state index is 12.1. The van der Waals surface area contributed by atoms with Crippen LogP contribution in [0.25, 0.3) is 5.65 Å². The molecule has 2 N–H and O–H groups in total. The molecule has 2 aromatic heterocycles. The Labute approximate surface area is 137 Å². The Hall–Kier alpha value is -2.94. The van der Waals surface area contributed by atoms with E-state index in [9.17, 15) is 14.4 Å². The number of carboxylic acids is 1. The molecule has 0 spiro atoms. The van der Waals surface area contributed by atoms with Gasteiger partial charge in [0.2, 0.25) is 5.91 Å². The summed E-state index contributed by atoms with van der Waals surface area (Å²) in [5, 5.41) is 15.5. The van der Waals surface area contributed by atoms with Gasteiger partial charge in [-0.25, -0.2) is 14.3 Å². The Morgan fingerprint density at radius 2 is 2.25 bits per heavy atom. The number of pyridine rings is 1. The van der Waals surface area contributed by atoms with Crippen LogP contribution >= 0.6 is 0 Å². The van der Waals surface area contributed by atoms with Crippen molar-refractivity contribution in [2.45, 2.75) is 19.0 Å². The van der Waals surface area contributed by atoms with E-state index in [1.54, 1.807) is 24.4 Å². The molecule has 1 amide bonds. The van der Waals surface area contributed by atoms with Crippen LogP contribution in [-0.2, 0) is 20.9 Å². The summed E-state index contributed by atoms with van der Waals surface area (Å²) in [6.07, 6.45) is 2.99. The first kappa shape index (κ1) is 17.4. The summed E-state index contributed by atoms with van der Waals surface area (Å²) >= 11 is 0. The Morgan fingerprint density at radius 3 is 2.92 bits per heavy atom. The molecular formula is C15H18N4O5. The van der Waals surface area contributed by atoms with Gasteiger partial charge in [0.05, 0.1) is 19.8 Å². The van der Waals surface area contributed by atoms with Gasteiger partial charge in [-0.2, -0.15) is 0 Å². The van der Waals surface area contributed by atoms with Gasteiger partial charge in [-0.05, 0) is 12.1 Å². The summed E-state index contributed by atoms with van der Waals surface area (Å²) in [6.45, 7) is 3.52. The topological polar surface area (TPSA) is 115 Å². The molecule has 0 saturated carbocycles. The van der Waals surface area contributed by atoms with Crippen LogP contribution in [0.4, 0.5) is 0 Å². The van der Waals surface area contributed by atoms with Crippen LogP contribution in [0.1, 0.15) is 6.42 Å². The summed E-state index contributed by atoms with van der Waals surface area (Å²) in [5.41, 5.74) is 0.117. The number of ether oxygens (including phenoxy) is 1. The quantitative estimate of drug-likeness (QED) is 0.479. The molecule has 0 aromatic carbocycles. The molecule has 0 bridgehead atoms. The van der Waals surface area contributed by atoms with Crippen LogP contribution in [0.5, 0.6) is 0 Å². The van der Waals surface area contributed by atoms with Gasteiger partial charge in [0, 0.05) is 12.6 Å². The molecule has 0 fully saturated rings. The Balaban J connectivity index is 1.93. The molecule has 0 aliphatic carbocycles. The number of fused-ring (bicyclic) bond motifs is 1. The van der Waals surface area contributed by atoms with E-state index in [-0.39, 0.29) is 31.9 Å². The minimum Gasteiger partial charge on any atom is -0.480 e. The molecule has 0 saturated heterocycles. The van der Waals surface area contributed by atoms with Crippen molar-refractivity contribution < 1.29 is 19.4 Å². The highest BCUT2D eigenvalue weighted by molar-refractivity contribution is 5.83. The van der Waals surface area contributed by atoms with Crippen molar-refractivity contribution in [2.24, 2.45) is 0 Å². The fourth-order valence-corrected chi connectivity index (χ4v) is 2.03. The highest BCUT2D eigenvalue weighted by Crippen LogP contribution is 1.97. The number of hydrogen-bond donors (Lipinski definition) is 2. The molecule has 0 aliphatic heterocycles. The van der Waals surface area contributed by atoms with Crippen molar-refractivity contribution in [3.63, 3.8) is 0 Å². The summed E-state index contributed by atoms with van der Waals surface area (Å²) in [7, 11) is 0. The van der Waals surface area contributed by atoms with Crippen molar-refractivity contribution in [2.75, 3.05) is 13.2 Å². The number of carbonyl (C=O) groups is 2. The molecule has 9 nitrogen and oxygen atoms in total. The Bertz CT molecular complexity index is 795. The van der Waals surface area contributed by atoms with Gasteiger partial charge in [-0.3, -0.25) is 9.20 Å². The van der Waals surface area contributed by atoms with Crippen molar-refractivity contribution in [3.05, 3.63) is 47.5 Å². The van der Waals surface area contributed by atoms with Gasteiger partial charge in [0.15, 0.2) is 11.7 Å². The van der Waals surface area contributed by atoms with Crippen molar-refractivity contribution in [1.82, 2.24) is 19.5 Å². The Morgan fingerprint density at radius 1 is 1.46 bits per heavy atom. The zero-order valence-electron chi connectivity index (χ0n) is 12.9. The van der Waals surface area contributed by atoms with E-state index in [4.69, 9.17) is 9.84 Å². The van der Waals surface area contributed by atoms with Crippen LogP contribution in [0.2, 0.25) is 0 Å². The number of aromatic nitrogens is 3. The van der Waals surface area contributed by atoms with Gasteiger partial charge >= 0.3 is 11.7 Å². The fourth-order valence-electron chi connectivity index (χ4n) is 2.03. The van der Waals surface area contributed by atoms with Crippen LogP contribution in [0.3, 0.4) is 0 Å². The smallest absolute Gasteiger partial charge is 0.350 e. The number of carbonyl (C=O) groups excluding carboxylic acids is 1. The maximum atomic E-state index is 12.1. The second kappa shape index (κ2) is 8.06. The second-order valence-electron chi connectivity index (χ2n) is 4.97. The third-order valence-electron chi connectivity index (χ3n) is 3.19. The summed E-state index contributed by atoms with van der Waals surface area (Å²) in [5.74, 6) is -1.70. The zero-order valence-corrected chi connectivity index (χ0v) is 12.9. The average Bonchev–Trinajstić information content (AvgIpc) is 2.88. The number of hydrogen-bond acceptors (Lipinski definition) is 5. The van der Waals surface area contributed by atoms with E-state index in [0.29, 0.717) is 5.65 Å². The van der Waals surface area contributed by atoms with E-state index in [0.717, 1.165) is 0 Å². The molecule has 1 unspecified atom stereocenters. The van der Waals surface area contributed by atoms with Crippen LogP contribution in [-0.4, -0.2) is 50.4 Å². The van der Waals surface area contributed by atoms with Crippen molar-refractivity contribution in [3.8, 4) is 0 Å². The number of aliphatic carboxylic acids is 1.